The Morgan fingerprint density at radius 1 is 1.07 bits per heavy atom. The van der Waals surface area contributed by atoms with E-state index in [1.807, 2.05) is 34.6 Å². The van der Waals surface area contributed by atoms with E-state index in [1.165, 1.54) is 0 Å². The Labute approximate surface area is 171 Å². The number of benzene rings is 2. The molecule has 0 spiro atoms. The molecule has 2 rings (SSSR count). The van der Waals surface area contributed by atoms with Crippen molar-refractivity contribution in [2.75, 3.05) is 5.32 Å². The Bertz CT molecular complexity index is 865. The zero-order valence-corrected chi connectivity index (χ0v) is 17.9. The first-order valence-electron chi connectivity index (χ1n) is 9.14. The van der Waals surface area contributed by atoms with Crippen molar-refractivity contribution in [3.05, 3.63) is 58.1 Å². The Kier molecular flexibility index (Phi) is 6.73. The molecule has 28 heavy (non-hydrogen) atoms. The summed E-state index contributed by atoms with van der Waals surface area (Å²) in [5.41, 5.74) is 2.22. The van der Waals surface area contributed by atoms with Crippen LogP contribution in [0, 0.1) is 13.8 Å². The Morgan fingerprint density at radius 3 is 2.21 bits per heavy atom. The van der Waals surface area contributed by atoms with Crippen LogP contribution in [-0.4, -0.2) is 23.5 Å². The summed E-state index contributed by atoms with van der Waals surface area (Å²) in [6.07, 6.45) is -0.751. The Balaban J connectivity index is 2.13. The van der Waals surface area contributed by atoms with Gasteiger partial charge in [0.15, 0.2) is 6.10 Å². The molecular weight excluding hydrogens is 376 g/mol. The second kappa shape index (κ2) is 8.65. The highest BCUT2D eigenvalue weighted by atomic mass is 35.5. The molecular formula is C22H27ClN2O3. The van der Waals surface area contributed by atoms with Gasteiger partial charge in [-0.3, -0.25) is 9.59 Å². The molecule has 2 N–H and O–H groups in total. The van der Waals surface area contributed by atoms with E-state index in [-0.39, 0.29) is 17.4 Å². The number of carbonyl (C=O) groups excluding carboxylic acids is 2. The molecule has 0 fully saturated rings. The summed E-state index contributed by atoms with van der Waals surface area (Å²) < 4.78 is 5.77. The number of hydrogen-bond acceptors (Lipinski definition) is 3. The number of para-hydroxylation sites is 1. The number of amides is 2. The van der Waals surface area contributed by atoms with E-state index in [0.29, 0.717) is 22.0 Å². The lowest BCUT2D eigenvalue weighted by Crippen LogP contribution is -2.41. The van der Waals surface area contributed by atoms with Crippen LogP contribution in [0.15, 0.2) is 36.4 Å². The fourth-order valence-corrected chi connectivity index (χ4v) is 2.77. The van der Waals surface area contributed by atoms with Gasteiger partial charge in [-0.2, -0.15) is 0 Å². The maximum atomic E-state index is 12.6. The van der Waals surface area contributed by atoms with Crippen LogP contribution in [0.4, 0.5) is 5.69 Å². The zero-order chi connectivity index (χ0) is 21.1. The summed E-state index contributed by atoms with van der Waals surface area (Å²) >= 11 is 6.18. The molecule has 150 valence electrons. The molecule has 2 aromatic carbocycles. The predicted octanol–water partition coefficient (Wildman–Crippen LogP) is 4.89. The largest absolute Gasteiger partial charge is 0.481 e. The lowest BCUT2D eigenvalue weighted by Gasteiger charge is -2.22. The van der Waals surface area contributed by atoms with Crippen molar-refractivity contribution >= 4 is 29.1 Å². The minimum atomic E-state index is -0.751. The van der Waals surface area contributed by atoms with Crippen LogP contribution in [0.25, 0.3) is 0 Å². The summed E-state index contributed by atoms with van der Waals surface area (Å²) in [6.45, 7) is 11.1. The van der Waals surface area contributed by atoms with Crippen LogP contribution < -0.4 is 15.4 Å². The number of hydrogen-bond donors (Lipinski definition) is 2. The smallest absolute Gasteiger partial charge is 0.265 e. The van der Waals surface area contributed by atoms with Crippen molar-refractivity contribution in [3.63, 3.8) is 0 Å². The average Bonchev–Trinajstić information content (AvgIpc) is 2.58. The van der Waals surface area contributed by atoms with Gasteiger partial charge in [-0.05, 0) is 76.9 Å². The number of ether oxygens (including phenoxy) is 1. The van der Waals surface area contributed by atoms with E-state index < -0.39 is 6.10 Å². The zero-order valence-electron chi connectivity index (χ0n) is 17.1. The molecule has 1 atom stereocenters. The number of nitrogens with one attached hydrogen (secondary N) is 2. The second-order valence-electron chi connectivity index (χ2n) is 7.87. The molecule has 6 heteroatoms. The SMILES string of the molecule is Cc1cc(O[C@H](C)C(=O)Nc2ccccc2C(=O)NC(C)(C)C)cc(C)c1Cl. The first kappa shape index (κ1) is 21.8. The van der Waals surface area contributed by atoms with Crippen molar-refractivity contribution in [2.45, 2.75) is 53.2 Å². The molecule has 0 heterocycles. The van der Waals surface area contributed by atoms with E-state index in [9.17, 15) is 9.59 Å². The molecule has 5 nitrogen and oxygen atoms in total. The van der Waals surface area contributed by atoms with Gasteiger partial charge in [0, 0.05) is 10.6 Å². The van der Waals surface area contributed by atoms with E-state index >= 15 is 0 Å². The number of halogens is 1. The average molecular weight is 403 g/mol. The molecule has 0 saturated carbocycles. The second-order valence-corrected chi connectivity index (χ2v) is 8.25. The van der Waals surface area contributed by atoms with Gasteiger partial charge >= 0.3 is 0 Å². The van der Waals surface area contributed by atoms with Gasteiger partial charge in [0.25, 0.3) is 11.8 Å². The summed E-state index contributed by atoms with van der Waals surface area (Å²) in [5, 5.41) is 6.37. The van der Waals surface area contributed by atoms with Crippen molar-refractivity contribution < 1.29 is 14.3 Å². The van der Waals surface area contributed by atoms with Crippen LogP contribution >= 0.6 is 11.6 Å². The third kappa shape index (κ3) is 5.73. The van der Waals surface area contributed by atoms with E-state index in [1.54, 1.807) is 43.3 Å². The Hall–Kier alpha value is -2.53. The number of rotatable bonds is 5. The van der Waals surface area contributed by atoms with Crippen LogP contribution in [0.3, 0.4) is 0 Å². The van der Waals surface area contributed by atoms with Crippen molar-refractivity contribution in [1.82, 2.24) is 5.32 Å². The first-order valence-corrected chi connectivity index (χ1v) is 9.51. The first-order chi connectivity index (χ1) is 13.0. The van der Waals surface area contributed by atoms with Crippen molar-refractivity contribution in [3.8, 4) is 5.75 Å². The predicted molar refractivity (Wildman–Crippen MR) is 113 cm³/mol. The van der Waals surface area contributed by atoms with E-state index in [4.69, 9.17) is 16.3 Å². The standard InChI is InChI=1S/C22H27ClN2O3/c1-13-11-16(12-14(2)19(13)23)28-15(3)20(26)24-18-10-8-7-9-17(18)21(27)25-22(4,5)6/h7-12,15H,1-6H3,(H,24,26)(H,25,27)/t15-/m1/s1. The van der Waals surface area contributed by atoms with E-state index in [2.05, 4.69) is 10.6 Å². The lowest BCUT2D eigenvalue weighted by atomic mass is 10.1. The third-order valence-electron chi connectivity index (χ3n) is 4.01. The fraction of sp³-hybridized carbons (Fsp3) is 0.364. The molecule has 0 saturated heterocycles. The topological polar surface area (TPSA) is 67.4 Å². The molecule has 0 radical (unpaired) electrons. The highest BCUT2D eigenvalue weighted by molar-refractivity contribution is 6.32. The number of carbonyl (C=O) groups is 2. The van der Waals surface area contributed by atoms with Crippen molar-refractivity contribution in [1.29, 1.82) is 0 Å². The van der Waals surface area contributed by atoms with Crippen molar-refractivity contribution in [2.24, 2.45) is 0 Å². The van der Waals surface area contributed by atoms with Crippen LogP contribution in [0.2, 0.25) is 5.02 Å². The number of anilines is 1. The lowest BCUT2D eigenvalue weighted by molar-refractivity contribution is -0.122. The summed E-state index contributed by atoms with van der Waals surface area (Å²) in [7, 11) is 0. The van der Waals surface area contributed by atoms with Gasteiger partial charge in [0.05, 0.1) is 11.3 Å². The fourth-order valence-electron chi connectivity index (χ4n) is 2.66. The molecule has 2 amide bonds. The van der Waals surface area contributed by atoms with Gasteiger partial charge in [0.1, 0.15) is 5.75 Å². The highest BCUT2D eigenvalue weighted by Crippen LogP contribution is 2.26. The summed E-state index contributed by atoms with van der Waals surface area (Å²) in [5.74, 6) is -0.0250. The molecule has 0 aliphatic carbocycles. The maximum Gasteiger partial charge on any atom is 0.265 e. The molecule has 2 aromatic rings. The molecule has 0 aliphatic rings. The molecule has 0 aromatic heterocycles. The van der Waals surface area contributed by atoms with E-state index in [0.717, 1.165) is 11.1 Å². The van der Waals surface area contributed by atoms with Crippen LogP contribution in [-0.2, 0) is 4.79 Å². The van der Waals surface area contributed by atoms with Gasteiger partial charge in [-0.15, -0.1) is 0 Å². The molecule has 0 aliphatic heterocycles. The Morgan fingerprint density at radius 2 is 1.64 bits per heavy atom. The van der Waals surface area contributed by atoms with Gasteiger partial charge < -0.3 is 15.4 Å². The third-order valence-corrected chi connectivity index (χ3v) is 4.61. The minimum absolute atomic E-state index is 0.249. The van der Waals surface area contributed by atoms with Gasteiger partial charge in [0.2, 0.25) is 0 Å². The molecule has 0 bridgehead atoms. The summed E-state index contributed by atoms with van der Waals surface area (Å²) in [6, 6.07) is 10.5. The monoisotopic (exact) mass is 402 g/mol. The minimum Gasteiger partial charge on any atom is -0.481 e. The van der Waals surface area contributed by atoms with Gasteiger partial charge in [-0.25, -0.2) is 0 Å². The maximum absolute atomic E-state index is 12.6. The van der Waals surface area contributed by atoms with Crippen LogP contribution in [0.1, 0.15) is 49.2 Å². The summed E-state index contributed by atoms with van der Waals surface area (Å²) in [4.78, 5) is 25.1. The van der Waals surface area contributed by atoms with Crippen LogP contribution in [0.5, 0.6) is 5.75 Å². The number of aryl methyl sites for hydroxylation is 2. The quantitative estimate of drug-likeness (QED) is 0.748. The normalized spacial score (nSPS) is 12.2. The molecule has 0 unspecified atom stereocenters. The van der Waals surface area contributed by atoms with Gasteiger partial charge in [-0.1, -0.05) is 23.7 Å². The highest BCUT2D eigenvalue weighted by Gasteiger charge is 2.21.